The fourth-order valence-corrected chi connectivity index (χ4v) is 4.02. The van der Waals surface area contributed by atoms with Crippen LogP contribution >= 0.6 is 0 Å². The fourth-order valence-electron chi connectivity index (χ4n) is 3.17. The van der Waals surface area contributed by atoms with Crippen molar-refractivity contribution in [1.82, 2.24) is 9.62 Å². The summed E-state index contributed by atoms with van der Waals surface area (Å²) in [5.41, 5.74) is 0.279. The Bertz CT molecular complexity index is 828. The van der Waals surface area contributed by atoms with Crippen molar-refractivity contribution in [2.75, 3.05) is 39.8 Å². The monoisotopic (exact) mass is 396 g/mol. The Hall–Kier alpha value is -2.10. The van der Waals surface area contributed by atoms with Crippen LogP contribution in [0.25, 0.3) is 6.08 Å². The van der Waals surface area contributed by atoms with Crippen LogP contribution in [0, 0.1) is 0 Å². The number of benzene rings is 1. The normalized spacial score (nSPS) is 19.3. The third-order valence-corrected chi connectivity index (χ3v) is 6.25. The first-order valence-electron chi connectivity index (χ1n) is 8.67. The lowest BCUT2D eigenvalue weighted by atomic mass is 9.92. The van der Waals surface area contributed by atoms with Crippen LogP contribution in [-0.4, -0.2) is 64.0 Å². The molecule has 0 spiro atoms. The van der Waals surface area contributed by atoms with Crippen LogP contribution in [0.15, 0.2) is 24.3 Å². The average Bonchev–Trinajstić information content (AvgIpc) is 3.12. The smallest absolute Gasteiger partial charge is 0.244 e. The number of nitrogens with zero attached hydrogens (tertiary/aromatic N) is 1. The second-order valence-corrected chi connectivity index (χ2v) is 8.70. The van der Waals surface area contributed by atoms with Crippen LogP contribution < -0.4 is 14.8 Å². The van der Waals surface area contributed by atoms with Crippen molar-refractivity contribution in [3.8, 4) is 11.5 Å². The van der Waals surface area contributed by atoms with Crippen LogP contribution in [-0.2, 0) is 19.6 Å². The first kappa shape index (κ1) is 19.7. The Balaban J connectivity index is 1.53. The summed E-state index contributed by atoms with van der Waals surface area (Å²) >= 11 is 0. The van der Waals surface area contributed by atoms with Gasteiger partial charge in [0.1, 0.15) is 0 Å². The molecule has 0 aliphatic carbocycles. The van der Waals surface area contributed by atoms with Gasteiger partial charge in [-0.1, -0.05) is 6.07 Å². The van der Waals surface area contributed by atoms with Crippen molar-refractivity contribution in [3.05, 3.63) is 29.8 Å². The number of nitrogens with one attached hydrogen (secondary N) is 1. The van der Waals surface area contributed by atoms with E-state index in [0.29, 0.717) is 44.0 Å². The molecule has 1 N–H and O–H groups in total. The van der Waals surface area contributed by atoms with Crippen LogP contribution in [0.3, 0.4) is 0 Å². The molecule has 2 aliphatic rings. The van der Waals surface area contributed by atoms with E-state index in [4.69, 9.17) is 14.2 Å². The fraction of sp³-hybridized carbons (Fsp3) is 0.500. The zero-order valence-corrected chi connectivity index (χ0v) is 16.3. The summed E-state index contributed by atoms with van der Waals surface area (Å²) in [4.78, 5) is 12.2. The van der Waals surface area contributed by atoms with Crippen molar-refractivity contribution in [2.45, 2.75) is 18.4 Å². The molecule has 8 nitrogen and oxygen atoms in total. The van der Waals surface area contributed by atoms with E-state index in [1.54, 1.807) is 19.3 Å². The van der Waals surface area contributed by atoms with E-state index in [-0.39, 0.29) is 12.7 Å². The summed E-state index contributed by atoms with van der Waals surface area (Å²) in [5.74, 6) is 1.11. The highest BCUT2D eigenvalue weighted by molar-refractivity contribution is 7.88. The quantitative estimate of drug-likeness (QED) is 0.721. The van der Waals surface area contributed by atoms with Gasteiger partial charge >= 0.3 is 0 Å². The number of amides is 1. The van der Waals surface area contributed by atoms with Gasteiger partial charge in [0, 0.05) is 32.8 Å². The standard InChI is InChI=1S/C18H24N2O6S/c1-24-18(7-9-20(10-8-18)27(2,22)23)12-19-17(21)6-4-14-3-5-15-16(11-14)26-13-25-15/h3-6,11H,7-10,12-13H2,1-2H3,(H,19,21)/b6-4+. The average molecular weight is 396 g/mol. The molecule has 3 rings (SSSR count). The number of fused-ring (bicyclic) bond motifs is 1. The third kappa shape index (κ3) is 4.79. The Morgan fingerprint density at radius 1 is 1.30 bits per heavy atom. The predicted octanol–water partition coefficient (Wildman–Crippen LogP) is 0.985. The zero-order valence-electron chi connectivity index (χ0n) is 15.4. The summed E-state index contributed by atoms with van der Waals surface area (Å²) in [5, 5.41) is 2.85. The molecule has 1 aromatic rings. The second-order valence-electron chi connectivity index (χ2n) is 6.71. The molecule has 0 aromatic heterocycles. The molecule has 2 heterocycles. The van der Waals surface area contributed by atoms with Gasteiger partial charge in [0.25, 0.3) is 0 Å². The van der Waals surface area contributed by atoms with Gasteiger partial charge in [-0.25, -0.2) is 12.7 Å². The van der Waals surface area contributed by atoms with Crippen molar-refractivity contribution >= 4 is 22.0 Å². The summed E-state index contributed by atoms with van der Waals surface area (Å²) in [6.07, 6.45) is 5.41. The Morgan fingerprint density at radius 2 is 2.00 bits per heavy atom. The molecule has 0 saturated carbocycles. The maximum atomic E-state index is 12.2. The second kappa shape index (κ2) is 7.87. The number of hydrogen-bond acceptors (Lipinski definition) is 6. The molecule has 1 saturated heterocycles. The summed E-state index contributed by atoms with van der Waals surface area (Å²) < 4.78 is 40.9. The van der Waals surface area contributed by atoms with E-state index < -0.39 is 15.6 Å². The number of carbonyl (C=O) groups is 1. The van der Waals surface area contributed by atoms with Crippen molar-refractivity contribution in [3.63, 3.8) is 0 Å². The number of methoxy groups -OCH3 is 1. The summed E-state index contributed by atoms with van der Waals surface area (Å²) in [7, 11) is -1.61. The van der Waals surface area contributed by atoms with Crippen LogP contribution in [0.2, 0.25) is 0 Å². The molecule has 148 valence electrons. The zero-order chi connectivity index (χ0) is 19.5. The Kier molecular flexibility index (Phi) is 5.73. The molecule has 1 fully saturated rings. The van der Waals surface area contributed by atoms with Gasteiger partial charge in [-0.15, -0.1) is 0 Å². The van der Waals surface area contributed by atoms with E-state index in [2.05, 4.69) is 5.32 Å². The molecule has 0 unspecified atom stereocenters. The molecule has 1 amide bonds. The number of ether oxygens (including phenoxy) is 3. The number of piperidine rings is 1. The maximum Gasteiger partial charge on any atom is 0.244 e. The lowest BCUT2D eigenvalue weighted by molar-refractivity contribution is -0.118. The minimum Gasteiger partial charge on any atom is -0.454 e. The first-order valence-corrected chi connectivity index (χ1v) is 10.5. The van der Waals surface area contributed by atoms with E-state index in [1.165, 1.54) is 16.6 Å². The van der Waals surface area contributed by atoms with Crippen molar-refractivity contribution in [1.29, 1.82) is 0 Å². The Morgan fingerprint density at radius 3 is 2.67 bits per heavy atom. The van der Waals surface area contributed by atoms with Crippen LogP contribution in [0.4, 0.5) is 0 Å². The van der Waals surface area contributed by atoms with E-state index >= 15 is 0 Å². The van der Waals surface area contributed by atoms with Gasteiger partial charge in [0.2, 0.25) is 22.7 Å². The van der Waals surface area contributed by atoms with Crippen molar-refractivity contribution in [2.24, 2.45) is 0 Å². The lowest BCUT2D eigenvalue weighted by Crippen LogP contribution is -2.52. The third-order valence-electron chi connectivity index (χ3n) is 4.94. The molecule has 9 heteroatoms. The highest BCUT2D eigenvalue weighted by atomic mass is 32.2. The van der Waals surface area contributed by atoms with E-state index in [0.717, 1.165) is 5.56 Å². The number of hydrogen-bond donors (Lipinski definition) is 1. The van der Waals surface area contributed by atoms with Gasteiger partial charge in [-0.2, -0.15) is 0 Å². The van der Waals surface area contributed by atoms with Gasteiger partial charge in [-0.3, -0.25) is 4.79 Å². The lowest BCUT2D eigenvalue weighted by Gasteiger charge is -2.39. The number of sulfonamides is 1. The van der Waals surface area contributed by atoms with Crippen LogP contribution in [0.1, 0.15) is 18.4 Å². The summed E-state index contributed by atoms with van der Waals surface area (Å²) in [6.45, 7) is 1.30. The largest absolute Gasteiger partial charge is 0.454 e. The molecule has 1 aromatic carbocycles. The van der Waals surface area contributed by atoms with E-state index in [9.17, 15) is 13.2 Å². The highest BCUT2D eigenvalue weighted by Crippen LogP contribution is 2.32. The topological polar surface area (TPSA) is 94.2 Å². The molecule has 0 radical (unpaired) electrons. The molecular weight excluding hydrogens is 372 g/mol. The van der Waals surface area contributed by atoms with Crippen molar-refractivity contribution < 1.29 is 27.4 Å². The van der Waals surface area contributed by atoms with Gasteiger partial charge in [0.15, 0.2) is 11.5 Å². The molecule has 2 aliphatic heterocycles. The minimum atomic E-state index is -3.20. The van der Waals surface area contributed by atoms with E-state index in [1.807, 2.05) is 12.1 Å². The van der Waals surface area contributed by atoms with Gasteiger partial charge in [0.05, 0.1) is 11.9 Å². The van der Waals surface area contributed by atoms with Gasteiger partial charge in [-0.05, 0) is 36.6 Å². The molecule has 27 heavy (non-hydrogen) atoms. The highest BCUT2D eigenvalue weighted by Gasteiger charge is 2.37. The first-order chi connectivity index (χ1) is 12.8. The predicted molar refractivity (Wildman–Crippen MR) is 100.0 cm³/mol. The number of rotatable bonds is 6. The number of carbonyl (C=O) groups excluding carboxylic acids is 1. The maximum absolute atomic E-state index is 12.2. The Labute approximate surface area is 159 Å². The minimum absolute atomic E-state index is 0.207. The SMILES string of the molecule is COC1(CNC(=O)/C=C/c2ccc3c(c2)OCO3)CCN(S(C)(=O)=O)CC1. The molecular formula is C18H24N2O6S. The molecule has 0 bridgehead atoms. The van der Waals surface area contributed by atoms with Crippen LogP contribution in [0.5, 0.6) is 11.5 Å². The molecule has 0 atom stereocenters. The summed E-state index contributed by atoms with van der Waals surface area (Å²) in [6, 6.07) is 5.45. The van der Waals surface area contributed by atoms with Gasteiger partial charge < -0.3 is 19.5 Å².